The maximum Gasteiger partial charge on any atom is 4.00 e. The molecule has 0 saturated heterocycles. The molecule has 0 N–H and O–H groups in total. The van der Waals surface area contributed by atoms with Crippen LogP contribution in [0.4, 0.5) is 0 Å². The van der Waals surface area contributed by atoms with Crippen LogP contribution in [0.2, 0.25) is 0 Å². The van der Waals surface area contributed by atoms with Gasteiger partial charge in [0.05, 0.1) is 0 Å². The molecule has 0 saturated carbocycles. The normalized spacial score (nSPS) is 0. The van der Waals surface area contributed by atoms with Gasteiger partial charge in [0.15, 0.2) is 0 Å². The Morgan fingerprint density at radius 3 is 0.429 bits per heavy atom. The Labute approximate surface area is 156 Å². The molecule has 0 atom stereocenters. The molecule has 0 spiro atoms. The molecule has 0 nitrogen and oxygen atoms in total. The fourth-order valence-corrected chi connectivity index (χ4v) is 0. The second kappa shape index (κ2) is 44.7. The molecule has 0 unspecified atom stereocenters. The zero-order chi connectivity index (χ0) is 0. The number of rotatable bonds is 0. The summed E-state index contributed by atoms with van der Waals surface area (Å²) in [5, 5.41) is 0. The average molecular weight is 686 g/mol. The Kier molecular flexibility index (Phi) is 377. The third-order valence-corrected chi connectivity index (χ3v) is 0. The summed E-state index contributed by atoms with van der Waals surface area (Å²) >= 11 is 0. The third-order valence-electron chi connectivity index (χ3n) is 0. The topological polar surface area (TPSA) is 0 Å². The van der Waals surface area contributed by atoms with E-state index < -0.39 is 0 Å². The fraction of sp³-hybridized carbons (Fsp3) is 0. The van der Waals surface area contributed by atoms with Gasteiger partial charge in [0.25, 0.3) is 0 Å². The molecule has 40 valence electrons. The van der Waals surface area contributed by atoms with Gasteiger partial charge in [-0.25, -0.2) is 0 Å². The molecule has 0 bridgehead atoms. The zero-order valence-electron chi connectivity index (χ0n) is 3.39. The fourth-order valence-electron chi connectivity index (χ4n) is 0. The maximum absolute atomic E-state index is 0. The Morgan fingerprint density at radius 2 is 0.429 bits per heavy atom. The molecular formula is I5NaSi. The van der Waals surface area contributed by atoms with E-state index in [0.29, 0.717) is 0 Å². The van der Waals surface area contributed by atoms with E-state index in [1.54, 1.807) is 0 Å². The van der Waals surface area contributed by atoms with Crippen molar-refractivity contribution in [2.24, 2.45) is 0 Å². The first-order valence-electron chi connectivity index (χ1n) is 0. The van der Waals surface area contributed by atoms with Crippen LogP contribution >= 0.6 is 0 Å². The number of halogens is 5. The molecule has 0 fully saturated rings. The van der Waals surface area contributed by atoms with Crippen molar-refractivity contribution in [3.05, 3.63) is 0 Å². The first-order chi connectivity index (χ1) is 0. The molecule has 0 aromatic rings. The first-order valence-corrected chi connectivity index (χ1v) is 0. The van der Waals surface area contributed by atoms with Crippen LogP contribution in [0, 0.1) is 0 Å². The molecular weight excluding hydrogens is 686 g/mol. The first kappa shape index (κ1) is 59.2. The summed E-state index contributed by atoms with van der Waals surface area (Å²) in [5.74, 6) is 0. The molecule has 0 amide bonds. The molecule has 0 aromatic heterocycles. The Morgan fingerprint density at radius 1 is 0.429 bits per heavy atom. The van der Waals surface area contributed by atoms with E-state index in [4.69, 9.17) is 0 Å². The maximum atomic E-state index is 0. The van der Waals surface area contributed by atoms with Crippen LogP contribution in [0.25, 0.3) is 0 Å². The van der Waals surface area contributed by atoms with E-state index in [0.717, 1.165) is 0 Å². The minimum Gasteiger partial charge on any atom is -1.00 e. The monoisotopic (exact) mass is 685 g/mol. The summed E-state index contributed by atoms with van der Waals surface area (Å²) in [6.07, 6.45) is 0. The van der Waals surface area contributed by atoms with Crippen LogP contribution in [0.3, 0.4) is 0 Å². The van der Waals surface area contributed by atoms with Gasteiger partial charge in [-0.2, -0.15) is 0 Å². The van der Waals surface area contributed by atoms with E-state index in [2.05, 4.69) is 0 Å². The Balaban J connectivity index is 0. The minimum atomic E-state index is 0. The summed E-state index contributed by atoms with van der Waals surface area (Å²) in [4.78, 5) is 0. The number of hydrogen-bond acceptors (Lipinski definition) is 0. The molecule has 0 rings (SSSR count). The summed E-state index contributed by atoms with van der Waals surface area (Å²) in [7, 11) is 0. The Hall–Kier alpha value is 4.87. The molecule has 0 aliphatic rings. The smallest absolute Gasteiger partial charge is 1.00 e. The summed E-state index contributed by atoms with van der Waals surface area (Å²) in [6, 6.07) is 0. The van der Waals surface area contributed by atoms with Gasteiger partial charge >= 0.3 is 40.5 Å². The van der Waals surface area contributed by atoms with Crippen molar-refractivity contribution >= 4 is 11.0 Å². The van der Waals surface area contributed by atoms with Gasteiger partial charge in [-0.05, 0) is 0 Å². The van der Waals surface area contributed by atoms with E-state index in [9.17, 15) is 0 Å². The SMILES string of the molecule is [I-].[I-].[I-].[I-].[I-].[Na+].[Si+4]. The van der Waals surface area contributed by atoms with Crippen molar-refractivity contribution in [2.75, 3.05) is 0 Å². The van der Waals surface area contributed by atoms with Crippen molar-refractivity contribution in [2.45, 2.75) is 0 Å². The molecule has 7 heteroatoms. The quantitative estimate of drug-likeness (QED) is 0.176. The minimum absolute atomic E-state index is 0. The van der Waals surface area contributed by atoms with Crippen molar-refractivity contribution in [3.8, 4) is 0 Å². The van der Waals surface area contributed by atoms with Gasteiger partial charge in [0.2, 0.25) is 0 Å². The van der Waals surface area contributed by atoms with E-state index in [1.807, 2.05) is 0 Å². The van der Waals surface area contributed by atoms with Gasteiger partial charge < -0.3 is 120 Å². The summed E-state index contributed by atoms with van der Waals surface area (Å²) in [6.45, 7) is 0. The molecule has 0 radical (unpaired) electrons. The van der Waals surface area contributed by atoms with Gasteiger partial charge in [0.1, 0.15) is 0 Å². The van der Waals surface area contributed by atoms with Crippen molar-refractivity contribution in [1.29, 1.82) is 0 Å². The van der Waals surface area contributed by atoms with E-state index in [1.165, 1.54) is 0 Å². The molecule has 0 aliphatic carbocycles. The van der Waals surface area contributed by atoms with E-state index >= 15 is 0 Å². The predicted octanol–water partition coefficient (Wildman–Crippen LogP) is -18.4. The van der Waals surface area contributed by atoms with Crippen LogP contribution in [-0.2, 0) is 0 Å². The zero-order valence-corrected chi connectivity index (χ0v) is 17.2. The molecule has 0 aliphatic heterocycles. The standard InChI is InChI=1S/5HI.Na.Si/h5*1H;;/q;;;;;+1;+4/p-5. The Bertz CT molecular complexity index is 8.04. The van der Waals surface area contributed by atoms with Gasteiger partial charge in [-0.1, -0.05) is 0 Å². The largest absolute Gasteiger partial charge is 4.00 e. The van der Waals surface area contributed by atoms with Crippen molar-refractivity contribution < 1.29 is 149 Å². The average Bonchev–Trinajstić information content (AvgIpc) is 0. The van der Waals surface area contributed by atoms with Crippen LogP contribution in [0.1, 0.15) is 0 Å². The van der Waals surface area contributed by atoms with Crippen LogP contribution in [0.5, 0.6) is 0 Å². The number of hydrogen-bond donors (Lipinski definition) is 0. The van der Waals surface area contributed by atoms with Crippen molar-refractivity contribution in [3.63, 3.8) is 0 Å². The van der Waals surface area contributed by atoms with Gasteiger partial charge in [-0.3, -0.25) is 0 Å². The molecule has 7 heavy (non-hydrogen) atoms. The van der Waals surface area contributed by atoms with Crippen LogP contribution in [-0.4, -0.2) is 11.0 Å². The second-order valence-electron chi connectivity index (χ2n) is 0. The molecule has 0 aromatic carbocycles. The molecule has 0 heterocycles. The second-order valence-corrected chi connectivity index (χ2v) is 0. The predicted molar refractivity (Wildman–Crippen MR) is 5.75 cm³/mol. The van der Waals surface area contributed by atoms with E-state index in [-0.39, 0.29) is 160 Å². The third kappa shape index (κ3) is 36.1. The van der Waals surface area contributed by atoms with Gasteiger partial charge in [-0.15, -0.1) is 0 Å². The van der Waals surface area contributed by atoms with Crippen molar-refractivity contribution in [1.82, 2.24) is 0 Å². The summed E-state index contributed by atoms with van der Waals surface area (Å²) < 4.78 is 0. The van der Waals surface area contributed by atoms with Gasteiger partial charge in [0, 0.05) is 0 Å². The summed E-state index contributed by atoms with van der Waals surface area (Å²) in [5.41, 5.74) is 0. The van der Waals surface area contributed by atoms with Crippen LogP contribution in [0.15, 0.2) is 0 Å². The van der Waals surface area contributed by atoms with Crippen LogP contribution < -0.4 is 149 Å².